The molecule has 210 valence electrons. The molecule has 12 heteroatoms. The van der Waals surface area contributed by atoms with E-state index < -0.39 is 47.9 Å². The first-order valence-corrected chi connectivity index (χ1v) is 15.9. The Kier molecular flexibility index (Phi) is 7.65. The van der Waals surface area contributed by atoms with Gasteiger partial charge in [0.15, 0.2) is 5.78 Å². The number of ketones is 1. The fourth-order valence-electron chi connectivity index (χ4n) is 6.03. The van der Waals surface area contributed by atoms with E-state index in [4.69, 9.17) is 16.3 Å². The Hall–Kier alpha value is -2.86. The molecule has 0 radical (unpaired) electrons. The molecule has 41 heavy (non-hydrogen) atoms. The van der Waals surface area contributed by atoms with Crippen molar-refractivity contribution in [3.63, 3.8) is 0 Å². The van der Waals surface area contributed by atoms with Crippen LogP contribution in [0, 0.1) is 23.7 Å². The van der Waals surface area contributed by atoms with Crippen molar-refractivity contribution in [2.24, 2.45) is 23.7 Å². The molecule has 2 bridgehead atoms. The van der Waals surface area contributed by atoms with Crippen LogP contribution in [0.3, 0.4) is 0 Å². The highest BCUT2D eigenvalue weighted by Crippen LogP contribution is 2.60. The van der Waals surface area contributed by atoms with Crippen molar-refractivity contribution in [3.05, 3.63) is 87.1 Å². The molecule has 3 aliphatic rings. The lowest BCUT2D eigenvalue weighted by molar-refractivity contribution is -0.154. The van der Waals surface area contributed by atoms with Gasteiger partial charge in [0.1, 0.15) is 17.2 Å². The Labute approximate surface area is 260 Å². The van der Waals surface area contributed by atoms with Crippen molar-refractivity contribution in [1.82, 2.24) is 10.0 Å². The van der Waals surface area contributed by atoms with Gasteiger partial charge in [-0.15, -0.1) is 11.3 Å². The number of carbonyl (C=O) groups excluding carboxylic acids is 5. The number of carbonyl (C=O) groups is 5. The third-order valence-corrected chi connectivity index (χ3v) is 12.2. The summed E-state index contributed by atoms with van der Waals surface area (Å²) in [6, 6.07) is 15.3. The molecule has 3 fully saturated rings. The number of esters is 1. The molecule has 1 aromatic heterocycles. The number of fused-ring (bicyclic) bond motifs is 5. The monoisotopic (exact) mass is 718 g/mol. The fraction of sp³-hybridized carbons (Fsp3) is 0.276. The molecule has 2 aromatic carbocycles. The maximum absolute atomic E-state index is 13.7. The number of alkyl halides is 2. The van der Waals surface area contributed by atoms with Crippen LogP contribution in [0.15, 0.2) is 66.0 Å². The summed E-state index contributed by atoms with van der Waals surface area (Å²) in [5.41, 5.74) is 0.394. The average molecular weight is 721 g/mol. The number of rotatable bonds is 7. The molecule has 6 rings (SSSR count). The Balaban J connectivity index is 1.26. The molecule has 8 nitrogen and oxygen atoms in total. The Morgan fingerprint density at radius 2 is 1.49 bits per heavy atom. The molecule has 1 saturated heterocycles. The molecule has 0 unspecified atom stereocenters. The van der Waals surface area contributed by atoms with Crippen LogP contribution in [-0.4, -0.2) is 55.7 Å². The van der Waals surface area contributed by atoms with E-state index in [1.54, 1.807) is 17.5 Å². The summed E-state index contributed by atoms with van der Waals surface area (Å²) in [7, 11) is 0. The number of amides is 3. The van der Waals surface area contributed by atoms with Gasteiger partial charge in [-0.25, -0.2) is 9.80 Å². The summed E-state index contributed by atoms with van der Waals surface area (Å²) < 4.78 is 5.36. The number of benzene rings is 2. The SMILES string of the molecule is O=C(CN(C(=O)c1ccc(Cl)cc1)N1C(=O)[C@@H]2[C@H]3C[C@@H]([C@H](Br)[C@H]3Br)[C@H]2C1=O)c1ccc(OC(=O)c2cccs2)cc1. The first-order chi connectivity index (χ1) is 19.7. The van der Waals surface area contributed by atoms with E-state index in [0.29, 0.717) is 9.90 Å². The summed E-state index contributed by atoms with van der Waals surface area (Å²) >= 11 is 14.6. The number of Topliss-reactive ketones (excluding diaryl/α,β-unsaturated/α-hetero) is 1. The van der Waals surface area contributed by atoms with Crippen LogP contribution < -0.4 is 4.74 Å². The highest BCUT2D eigenvalue weighted by atomic mass is 79.9. The van der Waals surface area contributed by atoms with Crippen LogP contribution in [-0.2, 0) is 9.59 Å². The van der Waals surface area contributed by atoms with E-state index in [9.17, 15) is 24.0 Å². The summed E-state index contributed by atoms with van der Waals surface area (Å²) in [5.74, 6) is -3.59. The minimum atomic E-state index is -0.670. The van der Waals surface area contributed by atoms with E-state index in [0.717, 1.165) is 16.4 Å². The van der Waals surface area contributed by atoms with Gasteiger partial charge in [-0.3, -0.25) is 19.2 Å². The summed E-state index contributed by atoms with van der Waals surface area (Å²) in [6.45, 7) is -0.544. The number of hydrogen-bond donors (Lipinski definition) is 0. The van der Waals surface area contributed by atoms with Crippen molar-refractivity contribution in [1.29, 1.82) is 0 Å². The second-order valence-electron chi connectivity index (χ2n) is 10.2. The van der Waals surface area contributed by atoms with Gasteiger partial charge in [-0.05, 0) is 78.2 Å². The lowest BCUT2D eigenvalue weighted by atomic mass is 9.81. The van der Waals surface area contributed by atoms with Gasteiger partial charge in [-0.1, -0.05) is 49.5 Å². The van der Waals surface area contributed by atoms with Gasteiger partial charge < -0.3 is 4.74 Å². The Morgan fingerprint density at radius 3 is 2.05 bits per heavy atom. The van der Waals surface area contributed by atoms with E-state index in [1.807, 2.05) is 0 Å². The molecule has 6 atom stereocenters. The highest BCUT2D eigenvalue weighted by Gasteiger charge is 2.67. The summed E-state index contributed by atoms with van der Waals surface area (Å²) in [4.78, 5) is 67.4. The summed E-state index contributed by atoms with van der Waals surface area (Å²) in [5, 5.41) is 4.01. The van der Waals surface area contributed by atoms with Crippen LogP contribution >= 0.6 is 54.8 Å². The second-order valence-corrected chi connectivity index (χ2v) is 13.7. The van der Waals surface area contributed by atoms with Gasteiger partial charge in [0, 0.05) is 25.8 Å². The van der Waals surface area contributed by atoms with E-state index in [2.05, 4.69) is 31.9 Å². The van der Waals surface area contributed by atoms with Crippen LogP contribution in [0.5, 0.6) is 5.75 Å². The zero-order valence-corrected chi connectivity index (χ0v) is 25.9. The first kappa shape index (κ1) is 28.3. The van der Waals surface area contributed by atoms with E-state index >= 15 is 0 Å². The molecule has 2 saturated carbocycles. The smallest absolute Gasteiger partial charge is 0.353 e. The van der Waals surface area contributed by atoms with Gasteiger partial charge >= 0.3 is 5.97 Å². The van der Waals surface area contributed by atoms with E-state index in [-0.39, 0.29) is 38.4 Å². The number of imide groups is 1. The molecule has 2 heterocycles. The molecular formula is C29H21Br2ClN2O6S. The molecular weight excluding hydrogens is 700 g/mol. The number of hydrazine groups is 1. The maximum Gasteiger partial charge on any atom is 0.353 e. The quantitative estimate of drug-likeness (QED) is 0.103. The number of nitrogens with zero attached hydrogens (tertiary/aromatic N) is 2. The van der Waals surface area contributed by atoms with E-state index in [1.165, 1.54) is 59.9 Å². The maximum atomic E-state index is 13.7. The van der Waals surface area contributed by atoms with Crippen molar-refractivity contribution in [2.75, 3.05) is 6.54 Å². The highest BCUT2D eigenvalue weighted by molar-refractivity contribution is 9.12. The third kappa shape index (κ3) is 4.96. The Morgan fingerprint density at radius 1 is 0.902 bits per heavy atom. The molecule has 3 aromatic rings. The molecule has 0 N–H and O–H groups in total. The van der Waals surface area contributed by atoms with Crippen molar-refractivity contribution in [3.8, 4) is 5.75 Å². The zero-order valence-electron chi connectivity index (χ0n) is 21.1. The largest absolute Gasteiger partial charge is 0.422 e. The minimum Gasteiger partial charge on any atom is -0.422 e. The standard InChI is InChI=1S/C29H21Br2ClN2O6S/c30-24-18-12-19(25(24)31)23-22(18)27(37)34(28(23)38)33(26(36)15-3-7-16(32)8-4-15)13-20(35)14-5-9-17(10-6-14)40-29(39)21-2-1-11-41-21/h1-11,18-19,22-25H,12-13H2/t18-,19-,22-,23-,24+,25+/m1/s1. The lowest BCUT2D eigenvalue weighted by Crippen LogP contribution is -2.52. The number of ether oxygens (including phenoxy) is 1. The van der Waals surface area contributed by atoms with Crippen molar-refractivity contribution < 1.29 is 28.7 Å². The lowest BCUT2D eigenvalue weighted by Gasteiger charge is -2.31. The zero-order chi connectivity index (χ0) is 29.0. The molecule has 2 aliphatic carbocycles. The topological polar surface area (TPSA) is 101 Å². The van der Waals surface area contributed by atoms with Crippen LogP contribution in [0.4, 0.5) is 0 Å². The molecule has 1 aliphatic heterocycles. The van der Waals surface area contributed by atoms with Crippen LogP contribution in [0.25, 0.3) is 0 Å². The fourth-order valence-corrected chi connectivity index (χ4v) is 8.63. The number of thiophene rings is 1. The van der Waals surface area contributed by atoms with Gasteiger partial charge in [-0.2, -0.15) is 5.01 Å². The van der Waals surface area contributed by atoms with Crippen LogP contribution in [0.1, 0.15) is 36.8 Å². The predicted octanol–water partition coefficient (Wildman–Crippen LogP) is 5.64. The second kappa shape index (κ2) is 11.1. The number of hydrogen-bond acceptors (Lipinski definition) is 7. The van der Waals surface area contributed by atoms with Gasteiger partial charge in [0.25, 0.3) is 17.7 Å². The average Bonchev–Trinajstić information content (AvgIpc) is 3.74. The normalized spacial score (nSPS) is 26.3. The van der Waals surface area contributed by atoms with Crippen LogP contribution in [0.2, 0.25) is 5.02 Å². The Bertz CT molecular complexity index is 1520. The van der Waals surface area contributed by atoms with Gasteiger partial charge in [0.05, 0.1) is 11.8 Å². The molecule has 3 amide bonds. The first-order valence-electron chi connectivity index (χ1n) is 12.8. The molecule has 0 spiro atoms. The van der Waals surface area contributed by atoms with Gasteiger partial charge in [0.2, 0.25) is 0 Å². The third-order valence-electron chi connectivity index (χ3n) is 7.93. The van der Waals surface area contributed by atoms with Crippen molar-refractivity contribution in [2.45, 2.75) is 16.1 Å². The van der Waals surface area contributed by atoms with Crippen molar-refractivity contribution >= 4 is 84.3 Å². The summed E-state index contributed by atoms with van der Waals surface area (Å²) in [6.07, 6.45) is 0.736. The minimum absolute atomic E-state index is 0.0277. The predicted molar refractivity (Wildman–Crippen MR) is 158 cm³/mol. The number of halogens is 3.